The Morgan fingerprint density at radius 3 is 2.61 bits per heavy atom. The van der Waals surface area contributed by atoms with Crippen LogP contribution in [-0.2, 0) is 0 Å². The van der Waals surface area contributed by atoms with Gasteiger partial charge in [-0.1, -0.05) is 6.42 Å². The van der Waals surface area contributed by atoms with Crippen LogP contribution in [0.3, 0.4) is 0 Å². The van der Waals surface area contributed by atoms with E-state index in [-0.39, 0.29) is 0 Å². The zero-order valence-electron chi connectivity index (χ0n) is 12.1. The molecule has 4 atom stereocenters. The van der Waals surface area contributed by atoms with Gasteiger partial charge >= 0.3 is 0 Å². The first-order valence-corrected chi connectivity index (χ1v) is 7.91. The first kappa shape index (κ1) is 12.9. The van der Waals surface area contributed by atoms with Gasteiger partial charge in [-0.15, -0.1) is 0 Å². The Hall–Kier alpha value is -0.120. The molecule has 3 heteroatoms. The van der Waals surface area contributed by atoms with Crippen molar-refractivity contribution < 1.29 is 0 Å². The molecular formula is C15H29N3. The van der Waals surface area contributed by atoms with E-state index in [1.807, 2.05) is 0 Å². The molecule has 104 valence electrons. The Bertz CT molecular complexity index is 281. The number of hydrogen-bond donors (Lipinski definition) is 1. The summed E-state index contributed by atoms with van der Waals surface area (Å²) in [6.45, 7) is 2.67. The number of likely N-dealkylation sites (tertiary alicyclic amines) is 1. The smallest absolute Gasteiger partial charge is 0.0223 e. The molecule has 1 aliphatic carbocycles. The van der Waals surface area contributed by atoms with E-state index in [1.165, 1.54) is 58.0 Å². The average Bonchev–Trinajstić information content (AvgIpc) is 2.63. The molecule has 0 amide bonds. The van der Waals surface area contributed by atoms with Gasteiger partial charge in [-0.25, -0.2) is 0 Å². The second-order valence-corrected chi connectivity index (χ2v) is 6.64. The van der Waals surface area contributed by atoms with Gasteiger partial charge in [0.2, 0.25) is 0 Å². The highest BCUT2D eigenvalue weighted by molar-refractivity contribution is 4.94. The highest BCUT2D eigenvalue weighted by atomic mass is 15.3. The number of fused-ring (bicyclic) bond motifs is 2. The predicted molar refractivity (Wildman–Crippen MR) is 75.9 cm³/mol. The molecule has 0 aromatic rings. The third-order valence-electron chi connectivity index (χ3n) is 5.75. The van der Waals surface area contributed by atoms with E-state index >= 15 is 0 Å². The fourth-order valence-corrected chi connectivity index (χ4v) is 4.42. The van der Waals surface area contributed by atoms with E-state index in [0.29, 0.717) is 0 Å². The Labute approximate surface area is 112 Å². The van der Waals surface area contributed by atoms with Crippen LogP contribution in [-0.4, -0.2) is 61.2 Å². The molecule has 2 bridgehead atoms. The Morgan fingerprint density at radius 2 is 1.78 bits per heavy atom. The number of hydrogen-bond acceptors (Lipinski definition) is 3. The quantitative estimate of drug-likeness (QED) is 0.806. The fourth-order valence-electron chi connectivity index (χ4n) is 4.42. The zero-order chi connectivity index (χ0) is 12.5. The zero-order valence-corrected chi connectivity index (χ0v) is 12.1. The second-order valence-electron chi connectivity index (χ2n) is 6.64. The van der Waals surface area contributed by atoms with Crippen molar-refractivity contribution in [2.45, 2.75) is 69.1 Å². The van der Waals surface area contributed by atoms with Gasteiger partial charge in [-0.3, -0.25) is 9.80 Å². The van der Waals surface area contributed by atoms with Crippen LogP contribution >= 0.6 is 0 Å². The number of nitrogens with zero attached hydrogens (tertiary/aromatic N) is 2. The molecule has 2 saturated heterocycles. The molecule has 3 fully saturated rings. The molecular weight excluding hydrogens is 222 g/mol. The van der Waals surface area contributed by atoms with Gasteiger partial charge in [0.05, 0.1) is 0 Å². The molecule has 0 spiro atoms. The third-order valence-corrected chi connectivity index (χ3v) is 5.75. The third kappa shape index (κ3) is 2.45. The predicted octanol–water partition coefficient (Wildman–Crippen LogP) is 1.69. The van der Waals surface area contributed by atoms with Gasteiger partial charge in [0.1, 0.15) is 0 Å². The van der Waals surface area contributed by atoms with Crippen LogP contribution in [0.2, 0.25) is 0 Å². The van der Waals surface area contributed by atoms with Crippen molar-refractivity contribution in [3.63, 3.8) is 0 Å². The minimum atomic E-state index is 0.766. The Kier molecular flexibility index (Phi) is 3.92. The highest BCUT2D eigenvalue weighted by Crippen LogP contribution is 2.32. The number of nitrogens with one attached hydrogen (secondary N) is 1. The summed E-state index contributed by atoms with van der Waals surface area (Å²) in [5, 5.41) is 3.49. The highest BCUT2D eigenvalue weighted by Gasteiger charge is 2.37. The second kappa shape index (κ2) is 5.48. The summed E-state index contributed by atoms with van der Waals surface area (Å²) in [6, 6.07) is 3.34. The van der Waals surface area contributed by atoms with Crippen molar-refractivity contribution in [2.24, 2.45) is 0 Å². The van der Waals surface area contributed by atoms with Crippen molar-refractivity contribution in [1.29, 1.82) is 0 Å². The van der Waals surface area contributed by atoms with E-state index in [9.17, 15) is 0 Å². The molecule has 18 heavy (non-hydrogen) atoms. The van der Waals surface area contributed by atoms with Crippen molar-refractivity contribution >= 4 is 0 Å². The normalized spacial score (nSPS) is 43.0. The molecule has 0 aromatic heterocycles. The maximum absolute atomic E-state index is 3.49. The number of rotatable bonds is 2. The molecule has 3 rings (SSSR count). The van der Waals surface area contributed by atoms with Gasteiger partial charge in [0, 0.05) is 30.7 Å². The topological polar surface area (TPSA) is 18.5 Å². The van der Waals surface area contributed by atoms with Crippen LogP contribution in [0, 0.1) is 0 Å². The number of likely N-dealkylation sites (N-methyl/N-ethyl adjacent to an activating group) is 1. The molecule has 3 nitrogen and oxygen atoms in total. The van der Waals surface area contributed by atoms with Crippen LogP contribution in [0.5, 0.6) is 0 Å². The Morgan fingerprint density at radius 1 is 0.944 bits per heavy atom. The van der Waals surface area contributed by atoms with E-state index < -0.39 is 0 Å². The van der Waals surface area contributed by atoms with Crippen molar-refractivity contribution in [2.75, 3.05) is 27.2 Å². The van der Waals surface area contributed by atoms with Gasteiger partial charge in [-0.05, 0) is 59.2 Å². The van der Waals surface area contributed by atoms with E-state index in [1.54, 1.807) is 0 Å². The average molecular weight is 251 g/mol. The molecule has 0 radical (unpaired) electrons. The van der Waals surface area contributed by atoms with Gasteiger partial charge in [-0.2, -0.15) is 0 Å². The monoisotopic (exact) mass is 251 g/mol. The molecule has 4 unspecified atom stereocenters. The summed E-state index contributed by atoms with van der Waals surface area (Å²) in [6.07, 6.45) is 9.87. The van der Waals surface area contributed by atoms with Gasteiger partial charge < -0.3 is 5.32 Å². The van der Waals surface area contributed by atoms with Crippen molar-refractivity contribution in [3.05, 3.63) is 0 Å². The summed E-state index contributed by atoms with van der Waals surface area (Å²) >= 11 is 0. The summed E-state index contributed by atoms with van der Waals surface area (Å²) in [5.74, 6) is 0. The Balaban J connectivity index is 1.62. The van der Waals surface area contributed by atoms with Crippen molar-refractivity contribution in [1.82, 2.24) is 15.1 Å². The lowest BCUT2D eigenvalue weighted by molar-refractivity contribution is 0.127. The van der Waals surface area contributed by atoms with E-state index in [0.717, 1.165) is 24.2 Å². The minimum Gasteiger partial charge on any atom is -0.317 e. The standard InChI is InChI=1S/C15H29N3/c1-16-12-4-3-5-14(10-12)18-9-8-13-6-7-15(11-18)17(13)2/h12-16H,3-11H2,1-2H3. The minimum absolute atomic E-state index is 0.766. The van der Waals surface area contributed by atoms with E-state index in [2.05, 4.69) is 29.2 Å². The molecule has 2 heterocycles. The molecule has 3 aliphatic rings. The summed E-state index contributed by atoms with van der Waals surface area (Å²) in [4.78, 5) is 5.49. The maximum atomic E-state index is 3.49. The summed E-state index contributed by atoms with van der Waals surface area (Å²) in [5.41, 5.74) is 0. The first-order chi connectivity index (χ1) is 8.78. The molecule has 2 aliphatic heterocycles. The van der Waals surface area contributed by atoms with Crippen LogP contribution in [0.25, 0.3) is 0 Å². The van der Waals surface area contributed by atoms with Crippen molar-refractivity contribution in [3.8, 4) is 0 Å². The van der Waals surface area contributed by atoms with Gasteiger partial charge in [0.15, 0.2) is 0 Å². The fraction of sp³-hybridized carbons (Fsp3) is 1.00. The molecule has 1 N–H and O–H groups in total. The van der Waals surface area contributed by atoms with Crippen LogP contribution in [0.15, 0.2) is 0 Å². The lowest BCUT2D eigenvalue weighted by Crippen LogP contribution is -2.46. The van der Waals surface area contributed by atoms with Crippen LogP contribution < -0.4 is 5.32 Å². The summed E-state index contributed by atoms with van der Waals surface area (Å²) in [7, 11) is 4.48. The summed E-state index contributed by atoms with van der Waals surface area (Å²) < 4.78 is 0. The SMILES string of the molecule is CNC1CCCC(N2CCC3CCC(C2)N3C)C1. The molecule has 1 saturated carbocycles. The van der Waals surface area contributed by atoms with Crippen LogP contribution in [0.4, 0.5) is 0 Å². The molecule has 0 aromatic carbocycles. The van der Waals surface area contributed by atoms with Gasteiger partial charge in [0.25, 0.3) is 0 Å². The maximum Gasteiger partial charge on any atom is 0.0223 e. The lowest BCUT2D eigenvalue weighted by atomic mass is 9.89. The first-order valence-electron chi connectivity index (χ1n) is 7.91. The lowest BCUT2D eigenvalue weighted by Gasteiger charge is -2.38. The van der Waals surface area contributed by atoms with E-state index in [4.69, 9.17) is 0 Å². The largest absolute Gasteiger partial charge is 0.317 e. The van der Waals surface area contributed by atoms with Crippen LogP contribution in [0.1, 0.15) is 44.9 Å².